The molecule has 0 saturated heterocycles. The van der Waals surface area contributed by atoms with Crippen LogP contribution in [-0.4, -0.2) is 10.9 Å². The molecule has 0 aliphatic heterocycles. The number of carbonyl (C=O) groups excluding carboxylic acids is 1. The van der Waals surface area contributed by atoms with E-state index in [0.717, 1.165) is 17.7 Å². The number of nitrogens with two attached hydrogens (primary N) is 1. The molecule has 1 amide bonds. The molecule has 0 saturated carbocycles. The highest BCUT2D eigenvalue weighted by atomic mass is 32.1. The Labute approximate surface area is 107 Å². The molecule has 1 aromatic rings. The maximum Gasteiger partial charge on any atom is 0.234 e. The van der Waals surface area contributed by atoms with Crippen LogP contribution in [0.3, 0.4) is 0 Å². The zero-order chi connectivity index (χ0) is 12.8. The van der Waals surface area contributed by atoms with Gasteiger partial charge in [0, 0.05) is 5.69 Å². The number of carbonyl (C=O) groups is 1. The van der Waals surface area contributed by atoms with Gasteiger partial charge in [-0.25, -0.2) is 0 Å². The van der Waals surface area contributed by atoms with E-state index in [9.17, 15) is 4.79 Å². The molecule has 0 spiro atoms. The molecular formula is C13H18N2OS. The van der Waals surface area contributed by atoms with Crippen molar-refractivity contribution >= 4 is 28.8 Å². The minimum atomic E-state index is -0.380. The predicted octanol–water partition coefficient (Wildman–Crippen LogP) is 2.64. The standard InChI is InChI=1S/C13H18N2OS/c1-3-6-10(12(14)17)13(16)15-11-8-5-4-7-9(11)2/h4-5,7-8,10H,3,6H2,1-2H3,(H2,14,17)(H,15,16). The maximum atomic E-state index is 12.0. The van der Waals surface area contributed by atoms with Crippen LogP contribution in [0.5, 0.6) is 0 Å². The third kappa shape index (κ3) is 3.82. The molecule has 0 fully saturated rings. The summed E-state index contributed by atoms with van der Waals surface area (Å²) in [6.07, 6.45) is 1.57. The summed E-state index contributed by atoms with van der Waals surface area (Å²) in [5, 5.41) is 2.87. The molecule has 17 heavy (non-hydrogen) atoms. The number of rotatable bonds is 5. The SMILES string of the molecule is CCCC(C(=O)Nc1ccccc1C)C(N)=S. The highest BCUT2D eigenvalue weighted by Gasteiger charge is 2.20. The van der Waals surface area contributed by atoms with Gasteiger partial charge in [-0.05, 0) is 25.0 Å². The Bertz CT molecular complexity index is 418. The summed E-state index contributed by atoms with van der Waals surface area (Å²) < 4.78 is 0. The highest BCUT2D eigenvalue weighted by molar-refractivity contribution is 7.80. The molecule has 92 valence electrons. The smallest absolute Gasteiger partial charge is 0.234 e. The molecule has 0 aliphatic rings. The van der Waals surface area contributed by atoms with Crippen LogP contribution in [0.15, 0.2) is 24.3 Å². The zero-order valence-electron chi connectivity index (χ0n) is 10.2. The van der Waals surface area contributed by atoms with Crippen LogP contribution in [0.25, 0.3) is 0 Å². The highest BCUT2D eigenvalue weighted by Crippen LogP contribution is 2.16. The van der Waals surface area contributed by atoms with Crippen molar-refractivity contribution in [3.63, 3.8) is 0 Å². The van der Waals surface area contributed by atoms with Crippen LogP contribution in [0.1, 0.15) is 25.3 Å². The van der Waals surface area contributed by atoms with Crippen LogP contribution >= 0.6 is 12.2 Å². The van der Waals surface area contributed by atoms with Crippen LogP contribution in [0.2, 0.25) is 0 Å². The lowest BCUT2D eigenvalue weighted by Gasteiger charge is -2.15. The number of aryl methyl sites for hydroxylation is 1. The lowest BCUT2D eigenvalue weighted by molar-refractivity contribution is -0.118. The van der Waals surface area contributed by atoms with E-state index in [4.69, 9.17) is 18.0 Å². The van der Waals surface area contributed by atoms with Crippen molar-refractivity contribution in [2.45, 2.75) is 26.7 Å². The molecule has 1 rings (SSSR count). The molecule has 0 radical (unpaired) electrons. The first-order chi connectivity index (χ1) is 8.06. The van der Waals surface area contributed by atoms with Gasteiger partial charge in [0.1, 0.15) is 0 Å². The van der Waals surface area contributed by atoms with Crippen molar-refractivity contribution in [2.75, 3.05) is 5.32 Å². The molecule has 1 atom stereocenters. The largest absolute Gasteiger partial charge is 0.393 e. The molecule has 3 N–H and O–H groups in total. The van der Waals surface area contributed by atoms with E-state index in [1.54, 1.807) is 0 Å². The van der Waals surface area contributed by atoms with E-state index >= 15 is 0 Å². The molecular weight excluding hydrogens is 232 g/mol. The summed E-state index contributed by atoms with van der Waals surface area (Å²) in [5.74, 6) is -0.497. The van der Waals surface area contributed by atoms with Crippen molar-refractivity contribution in [1.82, 2.24) is 0 Å². The lowest BCUT2D eigenvalue weighted by atomic mass is 10.0. The average molecular weight is 250 g/mol. The minimum Gasteiger partial charge on any atom is -0.393 e. The lowest BCUT2D eigenvalue weighted by Crippen LogP contribution is -2.33. The summed E-state index contributed by atoms with van der Waals surface area (Å²) in [7, 11) is 0. The van der Waals surface area contributed by atoms with E-state index < -0.39 is 0 Å². The number of hydrogen-bond donors (Lipinski definition) is 2. The van der Waals surface area contributed by atoms with Crippen LogP contribution in [-0.2, 0) is 4.79 Å². The first-order valence-electron chi connectivity index (χ1n) is 5.72. The van der Waals surface area contributed by atoms with Gasteiger partial charge in [-0.1, -0.05) is 43.8 Å². The van der Waals surface area contributed by atoms with Crippen molar-refractivity contribution in [2.24, 2.45) is 11.7 Å². The summed E-state index contributed by atoms with van der Waals surface area (Å²) >= 11 is 4.92. The number of thiocarbonyl (C=S) groups is 1. The monoisotopic (exact) mass is 250 g/mol. The molecule has 0 aromatic heterocycles. The van der Waals surface area contributed by atoms with E-state index in [1.165, 1.54) is 0 Å². The van der Waals surface area contributed by atoms with Gasteiger partial charge in [0.25, 0.3) is 0 Å². The van der Waals surface area contributed by atoms with Crippen LogP contribution in [0, 0.1) is 12.8 Å². The van der Waals surface area contributed by atoms with Crippen LogP contribution < -0.4 is 11.1 Å². The maximum absolute atomic E-state index is 12.0. The Morgan fingerprint density at radius 3 is 2.65 bits per heavy atom. The van der Waals surface area contributed by atoms with Crippen molar-refractivity contribution in [1.29, 1.82) is 0 Å². The van der Waals surface area contributed by atoms with E-state index in [0.29, 0.717) is 6.42 Å². The Morgan fingerprint density at radius 1 is 1.47 bits per heavy atom. The Balaban J connectivity index is 2.77. The Morgan fingerprint density at radius 2 is 2.12 bits per heavy atom. The number of benzene rings is 1. The van der Waals surface area contributed by atoms with E-state index in [2.05, 4.69) is 5.32 Å². The predicted molar refractivity (Wildman–Crippen MR) is 75.0 cm³/mol. The fraction of sp³-hybridized carbons (Fsp3) is 0.385. The molecule has 0 bridgehead atoms. The van der Waals surface area contributed by atoms with Crippen LogP contribution in [0.4, 0.5) is 5.69 Å². The van der Waals surface area contributed by atoms with E-state index in [-0.39, 0.29) is 16.8 Å². The van der Waals surface area contributed by atoms with Crippen molar-refractivity contribution in [3.8, 4) is 0 Å². The number of hydrogen-bond acceptors (Lipinski definition) is 2. The first-order valence-corrected chi connectivity index (χ1v) is 6.13. The fourth-order valence-corrected chi connectivity index (χ4v) is 1.85. The molecule has 0 heterocycles. The summed E-state index contributed by atoms with van der Waals surface area (Å²) in [4.78, 5) is 12.3. The second kappa shape index (κ2) is 6.35. The fourth-order valence-electron chi connectivity index (χ4n) is 1.62. The molecule has 3 nitrogen and oxygen atoms in total. The molecule has 0 aliphatic carbocycles. The quantitative estimate of drug-likeness (QED) is 0.790. The summed E-state index contributed by atoms with van der Waals surface area (Å²) in [5.41, 5.74) is 7.43. The summed E-state index contributed by atoms with van der Waals surface area (Å²) in [6.45, 7) is 3.96. The Kier molecular flexibility index (Phi) is 5.10. The molecule has 4 heteroatoms. The number of amides is 1. The van der Waals surface area contributed by atoms with E-state index in [1.807, 2.05) is 38.1 Å². The average Bonchev–Trinajstić information content (AvgIpc) is 2.28. The number of para-hydroxylation sites is 1. The van der Waals surface area contributed by atoms with Gasteiger partial charge in [0.2, 0.25) is 5.91 Å². The minimum absolute atomic E-state index is 0.117. The van der Waals surface area contributed by atoms with Gasteiger partial charge < -0.3 is 11.1 Å². The van der Waals surface area contributed by atoms with Gasteiger partial charge in [-0.3, -0.25) is 4.79 Å². The summed E-state index contributed by atoms with van der Waals surface area (Å²) in [6, 6.07) is 7.64. The zero-order valence-corrected chi connectivity index (χ0v) is 11.0. The third-order valence-electron chi connectivity index (χ3n) is 2.64. The normalized spacial score (nSPS) is 11.9. The van der Waals surface area contributed by atoms with Gasteiger partial charge in [0.05, 0.1) is 10.9 Å². The number of anilines is 1. The van der Waals surface area contributed by atoms with Crippen molar-refractivity contribution < 1.29 is 4.79 Å². The second-order valence-electron chi connectivity index (χ2n) is 4.05. The van der Waals surface area contributed by atoms with Gasteiger partial charge in [0.15, 0.2) is 0 Å². The first kappa shape index (κ1) is 13.6. The molecule has 1 aromatic carbocycles. The third-order valence-corrected chi connectivity index (χ3v) is 2.92. The second-order valence-corrected chi connectivity index (χ2v) is 4.52. The Hall–Kier alpha value is -1.42. The van der Waals surface area contributed by atoms with Gasteiger partial charge in [-0.2, -0.15) is 0 Å². The number of nitrogens with one attached hydrogen (secondary N) is 1. The van der Waals surface area contributed by atoms with Gasteiger partial charge >= 0.3 is 0 Å². The molecule has 1 unspecified atom stereocenters. The van der Waals surface area contributed by atoms with Gasteiger partial charge in [-0.15, -0.1) is 0 Å². The topological polar surface area (TPSA) is 55.1 Å². The van der Waals surface area contributed by atoms with Crippen molar-refractivity contribution in [3.05, 3.63) is 29.8 Å².